The molecule has 0 aromatic rings. The second-order valence-electron chi connectivity index (χ2n) is 10.3. The van der Waals surface area contributed by atoms with Crippen molar-refractivity contribution in [2.75, 3.05) is 6.61 Å². The van der Waals surface area contributed by atoms with E-state index in [2.05, 4.69) is 16.0 Å². The predicted octanol–water partition coefficient (Wildman–Crippen LogP) is 1.88. The Hall–Kier alpha value is -2.12. The van der Waals surface area contributed by atoms with Gasteiger partial charge in [0.15, 0.2) is 6.61 Å². The lowest BCUT2D eigenvalue weighted by atomic mass is 9.49. The van der Waals surface area contributed by atoms with Crippen LogP contribution in [0.3, 0.4) is 0 Å². The topological polar surface area (TPSA) is 114 Å². The van der Waals surface area contributed by atoms with Crippen molar-refractivity contribution < 1.29 is 23.9 Å². The molecular formula is C21H33N3O5. The molecule has 0 spiro atoms. The first-order chi connectivity index (χ1) is 13.5. The number of rotatable bonds is 5. The number of hydrogen-bond acceptors (Lipinski definition) is 5. The van der Waals surface area contributed by atoms with Gasteiger partial charge < -0.3 is 15.4 Å². The third-order valence-corrected chi connectivity index (χ3v) is 6.31. The van der Waals surface area contributed by atoms with Crippen molar-refractivity contribution in [1.82, 2.24) is 16.0 Å². The second kappa shape index (κ2) is 7.95. The molecule has 8 heteroatoms. The number of esters is 1. The lowest BCUT2D eigenvalue weighted by Gasteiger charge is -2.55. The van der Waals surface area contributed by atoms with Crippen LogP contribution in [-0.4, -0.2) is 42.0 Å². The summed E-state index contributed by atoms with van der Waals surface area (Å²) in [7, 11) is 0. The van der Waals surface area contributed by atoms with E-state index in [4.69, 9.17) is 4.74 Å². The number of carbonyl (C=O) groups excluding carboxylic acids is 4. The first-order valence-corrected chi connectivity index (χ1v) is 10.6. The van der Waals surface area contributed by atoms with Gasteiger partial charge in [-0.05, 0) is 84.0 Å². The number of hydrogen-bond donors (Lipinski definition) is 3. The molecule has 3 N–H and O–H groups in total. The summed E-state index contributed by atoms with van der Waals surface area (Å²) in [5, 5.41) is 7.50. The smallest absolute Gasteiger partial charge is 0.328 e. The number of imide groups is 1. The summed E-state index contributed by atoms with van der Waals surface area (Å²) in [6.45, 7) is 6.33. The molecule has 4 aliphatic rings. The summed E-state index contributed by atoms with van der Waals surface area (Å²) in [6, 6.07) is -1.49. The third-order valence-electron chi connectivity index (χ3n) is 6.31. The molecule has 0 saturated heterocycles. The molecule has 0 unspecified atom stereocenters. The van der Waals surface area contributed by atoms with Crippen LogP contribution in [-0.2, 0) is 19.1 Å². The maximum Gasteiger partial charge on any atom is 0.328 e. The molecule has 4 aliphatic carbocycles. The summed E-state index contributed by atoms with van der Waals surface area (Å²) >= 11 is 0. The maximum atomic E-state index is 13.0. The van der Waals surface area contributed by atoms with Gasteiger partial charge in [0.1, 0.15) is 6.04 Å². The van der Waals surface area contributed by atoms with Crippen LogP contribution in [0.1, 0.15) is 66.2 Å². The molecule has 0 aromatic heterocycles. The van der Waals surface area contributed by atoms with Crippen LogP contribution in [0.25, 0.3) is 0 Å². The quantitative estimate of drug-likeness (QED) is 0.602. The van der Waals surface area contributed by atoms with Gasteiger partial charge >= 0.3 is 12.0 Å². The molecule has 4 saturated carbocycles. The fraction of sp³-hybridized carbons (Fsp3) is 0.810. The van der Waals surface area contributed by atoms with E-state index in [9.17, 15) is 19.2 Å². The van der Waals surface area contributed by atoms with Gasteiger partial charge in [-0.1, -0.05) is 0 Å². The summed E-state index contributed by atoms with van der Waals surface area (Å²) in [4.78, 5) is 48.6. The van der Waals surface area contributed by atoms with E-state index in [1.54, 1.807) is 27.7 Å². The Balaban J connectivity index is 1.44. The van der Waals surface area contributed by atoms with Crippen LogP contribution in [0.15, 0.2) is 0 Å². The van der Waals surface area contributed by atoms with Crippen molar-refractivity contribution in [3.05, 3.63) is 0 Å². The normalized spacial score (nSPS) is 31.0. The zero-order chi connectivity index (χ0) is 21.4. The van der Waals surface area contributed by atoms with Crippen LogP contribution in [0.4, 0.5) is 4.79 Å². The molecule has 4 rings (SSSR count). The largest absolute Gasteiger partial charge is 0.454 e. The van der Waals surface area contributed by atoms with Crippen LogP contribution < -0.4 is 16.0 Å². The predicted molar refractivity (Wildman–Crippen MR) is 106 cm³/mol. The van der Waals surface area contributed by atoms with Gasteiger partial charge in [0.2, 0.25) is 5.91 Å². The van der Waals surface area contributed by atoms with E-state index in [-0.39, 0.29) is 11.3 Å². The lowest BCUT2D eigenvalue weighted by Crippen LogP contribution is -2.56. The van der Waals surface area contributed by atoms with E-state index < -0.39 is 36.1 Å². The van der Waals surface area contributed by atoms with Crippen molar-refractivity contribution in [2.45, 2.75) is 77.8 Å². The van der Waals surface area contributed by atoms with Gasteiger partial charge in [0.05, 0.1) is 0 Å². The van der Waals surface area contributed by atoms with Crippen molar-refractivity contribution in [3.63, 3.8) is 0 Å². The molecular weight excluding hydrogens is 374 g/mol. The van der Waals surface area contributed by atoms with Crippen LogP contribution in [0.2, 0.25) is 0 Å². The fourth-order valence-electron chi connectivity index (χ4n) is 5.59. The van der Waals surface area contributed by atoms with E-state index in [1.165, 1.54) is 19.3 Å². The van der Waals surface area contributed by atoms with Gasteiger partial charge in [-0.3, -0.25) is 14.9 Å². The number of ether oxygens (including phenoxy) is 1. The zero-order valence-electron chi connectivity index (χ0n) is 17.8. The Kier molecular flexibility index (Phi) is 5.92. The maximum absolute atomic E-state index is 13.0. The van der Waals surface area contributed by atoms with Gasteiger partial charge in [-0.2, -0.15) is 0 Å². The van der Waals surface area contributed by atoms with E-state index in [1.807, 2.05) is 0 Å². The van der Waals surface area contributed by atoms with Crippen molar-refractivity contribution in [3.8, 4) is 0 Å². The Bertz CT molecular complexity index is 662. The molecule has 0 radical (unpaired) electrons. The van der Waals surface area contributed by atoms with Crippen LogP contribution >= 0.6 is 0 Å². The first kappa shape index (κ1) is 21.6. The highest BCUT2D eigenvalue weighted by molar-refractivity contribution is 5.96. The van der Waals surface area contributed by atoms with Crippen molar-refractivity contribution in [1.29, 1.82) is 0 Å². The molecule has 8 nitrogen and oxygen atoms in total. The SMILES string of the molecule is C[C@H](NC(=O)C12CC3CC(CC(C3)C1)C2)C(=O)OCC(=O)NC(=O)NC(C)(C)C. The molecule has 0 heterocycles. The zero-order valence-corrected chi connectivity index (χ0v) is 17.8. The summed E-state index contributed by atoms with van der Waals surface area (Å²) in [5.41, 5.74) is -0.831. The Morgan fingerprint density at radius 3 is 2.00 bits per heavy atom. The first-order valence-electron chi connectivity index (χ1n) is 10.6. The summed E-state index contributed by atoms with van der Waals surface area (Å²) < 4.78 is 4.97. The molecule has 162 valence electrons. The van der Waals surface area contributed by atoms with E-state index in [0.29, 0.717) is 17.8 Å². The number of carbonyl (C=O) groups is 4. The lowest BCUT2D eigenvalue weighted by molar-refractivity contribution is -0.155. The number of nitrogens with one attached hydrogen (secondary N) is 3. The Labute approximate surface area is 171 Å². The fourth-order valence-corrected chi connectivity index (χ4v) is 5.59. The van der Waals surface area contributed by atoms with Gasteiger partial charge in [-0.15, -0.1) is 0 Å². The Morgan fingerprint density at radius 1 is 1.00 bits per heavy atom. The van der Waals surface area contributed by atoms with Crippen LogP contribution in [0, 0.1) is 23.2 Å². The third kappa shape index (κ3) is 5.28. The number of urea groups is 1. The average molecular weight is 408 g/mol. The number of amides is 4. The Morgan fingerprint density at radius 2 is 1.52 bits per heavy atom. The van der Waals surface area contributed by atoms with Crippen molar-refractivity contribution in [2.24, 2.45) is 23.2 Å². The molecule has 4 bridgehead atoms. The van der Waals surface area contributed by atoms with Gasteiger partial charge in [0, 0.05) is 11.0 Å². The molecule has 4 amide bonds. The average Bonchev–Trinajstić information content (AvgIpc) is 2.56. The molecule has 0 aliphatic heterocycles. The minimum absolute atomic E-state index is 0.0601. The monoisotopic (exact) mass is 407 g/mol. The standard InChI is InChI=1S/C21H33N3O5/c1-12(17(26)29-11-16(25)23-19(28)24-20(2,3)4)22-18(27)21-8-13-5-14(9-21)7-15(6-13)10-21/h12-15H,5-11H2,1-4H3,(H,22,27)(H2,23,24,25,28)/t12-,13?,14?,15?,21?/m0/s1. The van der Waals surface area contributed by atoms with E-state index >= 15 is 0 Å². The minimum atomic E-state index is -0.841. The summed E-state index contributed by atoms with van der Waals surface area (Å²) in [5.74, 6) is 0.441. The van der Waals surface area contributed by atoms with E-state index in [0.717, 1.165) is 19.3 Å². The minimum Gasteiger partial charge on any atom is -0.454 e. The van der Waals surface area contributed by atoms with Crippen molar-refractivity contribution >= 4 is 23.8 Å². The molecule has 0 aromatic carbocycles. The highest BCUT2D eigenvalue weighted by atomic mass is 16.5. The molecule has 29 heavy (non-hydrogen) atoms. The molecule has 1 atom stereocenters. The summed E-state index contributed by atoms with van der Waals surface area (Å²) in [6.07, 6.45) is 6.46. The highest BCUT2D eigenvalue weighted by Gasteiger charge is 2.54. The second-order valence-corrected chi connectivity index (χ2v) is 10.3. The van der Waals surface area contributed by atoms with Crippen LogP contribution in [0.5, 0.6) is 0 Å². The molecule has 4 fully saturated rings. The highest BCUT2D eigenvalue weighted by Crippen LogP contribution is 2.60. The van der Waals surface area contributed by atoms with Gasteiger partial charge in [-0.25, -0.2) is 9.59 Å². The van der Waals surface area contributed by atoms with Gasteiger partial charge in [0.25, 0.3) is 5.91 Å².